The van der Waals surface area contributed by atoms with E-state index in [4.69, 9.17) is 27.9 Å². The Morgan fingerprint density at radius 3 is 2.64 bits per heavy atom. The first-order chi connectivity index (χ1) is 12.2. The van der Waals surface area contributed by atoms with Gasteiger partial charge in [-0.1, -0.05) is 52.7 Å². The second-order valence-electron chi connectivity index (χ2n) is 5.12. The maximum atomic E-state index is 10.5. The smallest absolute Gasteiger partial charge is 0.299 e. The van der Waals surface area contributed by atoms with Gasteiger partial charge in [-0.3, -0.25) is 4.79 Å². The molecule has 25 heavy (non-hydrogen) atoms. The van der Waals surface area contributed by atoms with E-state index in [0.717, 1.165) is 22.2 Å². The van der Waals surface area contributed by atoms with Crippen LogP contribution in [-0.4, -0.2) is 21.2 Å². The average molecular weight is 390 g/mol. The molecule has 0 saturated carbocycles. The number of rotatable bonds is 4. The number of nitrogens with zero attached hydrogens (tertiary/aromatic N) is 3. The van der Waals surface area contributed by atoms with Crippen molar-refractivity contribution in [1.82, 2.24) is 14.8 Å². The highest BCUT2D eigenvalue weighted by molar-refractivity contribution is 7.12. The number of benzene rings is 2. The van der Waals surface area contributed by atoms with Crippen LogP contribution >= 0.6 is 34.5 Å². The Balaban J connectivity index is 1.93. The molecule has 2 aromatic heterocycles. The van der Waals surface area contributed by atoms with E-state index in [9.17, 15) is 4.79 Å². The summed E-state index contributed by atoms with van der Waals surface area (Å²) in [6, 6.07) is 13.1. The molecule has 0 radical (unpaired) electrons. The first-order valence-electron chi connectivity index (χ1n) is 7.16. The maximum Gasteiger partial charge on any atom is 0.299 e. The molecule has 5 nitrogen and oxygen atoms in total. The van der Waals surface area contributed by atoms with Crippen LogP contribution in [0.25, 0.3) is 27.3 Å². The zero-order valence-electron chi connectivity index (χ0n) is 12.5. The summed E-state index contributed by atoms with van der Waals surface area (Å²) in [6.07, 6.45) is 0. The molecule has 124 valence electrons. The molecule has 0 aliphatic heterocycles. The third-order valence-electron chi connectivity index (χ3n) is 3.54. The first kappa shape index (κ1) is 16.1. The van der Waals surface area contributed by atoms with Crippen molar-refractivity contribution in [3.05, 3.63) is 57.9 Å². The van der Waals surface area contributed by atoms with E-state index in [2.05, 4.69) is 10.1 Å². The minimum absolute atomic E-state index is 0.238. The summed E-state index contributed by atoms with van der Waals surface area (Å²) in [5.41, 5.74) is 2.43. The minimum Gasteiger partial charge on any atom is -0.409 e. The normalized spacial score (nSPS) is 11.0. The third-order valence-corrected chi connectivity index (χ3v) is 4.78. The molecule has 0 amide bonds. The van der Waals surface area contributed by atoms with Gasteiger partial charge in [-0.25, -0.2) is 4.68 Å². The maximum absolute atomic E-state index is 10.5. The largest absolute Gasteiger partial charge is 0.409 e. The van der Waals surface area contributed by atoms with Crippen molar-refractivity contribution in [2.45, 2.75) is 0 Å². The van der Waals surface area contributed by atoms with Gasteiger partial charge in [0.15, 0.2) is 0 Å². The van der Waals surface area contributed by atoms with Crippen molar-refractivity contribution in [1.29, 1.82) is 0 Å². The van der Waals surface area contributed by atoms with Gasteiger partial charge in [0.25, 0.3) is 6.47 Å². The SMILES string of the molecule is O=COc1csc(-n2nc(-c3cc(Cl)cc(Cl)c3)c3ccccc32)n1. The Kier molecular flexibility index (Phi) is 4.17. The van der Waals surface area contributed by atoms with Crippen LogP contribution in [0.5, 0.6) is 5.88 Å². The van der Waals surface area contributed by atoms with Crippen LogP contribution in [0.2, 0.25) is 10.0 Å². The number of halogens is 2. The molecule has 8 heteroatoms. The zero-order chi connectivity index (χ0) is 17.4. The highest BCUT2D eigenvalue weighted by Gasteiger charge is 2.16. The molecule has 0 spiro atoms. The molecule has 0 aliphatic carbocycles. The standard InChI is InChI=1S/C17H9Cl2N3O2S/c18-11-5-10(6-12(19)7-11)16-13-3-1-2-4-14(13)22(21-16)17-20-15(8-25-17)24-9-23/h1-9H. The molecule has 4 aromatic rings. The van der Waals surface area contributed by atoms with Crippen LogP contribution in [0, 0.1) is 0 Å². The van der Waals surface area contributed by atoms with Crippen molar-refractivity contribution >= 4 is 51.9 Å². The molecular weight excluding hydrogens is 381 g/mol. The number of para-hydroxylation sites is 1. The van der Waals surface area contributed by atoms with E-state index >= 15 is 0 Å². The minimum atomic E-state index is 0.238. The number of thiazole rings is 1. The van der Waals surface area contributed by atoms with Gasteiger partial charge >= 0.3 is 0 Å². The fraction of sp³-hybridized carbons (Fsp3) is 0. The van der Waals surface area contributed by atoms with Crippen molar-refractivity contribution in [2.24, 2.45) is 0 Å². The number of hydrogen-bond acceptors (Lipinski definition) is 5. The Morgan fingerprint density at radius 2 is 1.88 bits per heavy atom. The van der Waals surface area contributed by atoms with Gasteiger partial charge in [0.1, 0.15) is 5.69 Å². The number of fused-ring (bicyclic) bond motifs is 1. The Morgan fingerprint density at radius 1 is 1.12 bits per heavy atom. The lowest BCUT2D eigenvalue weighted by molar-refractivity contribution is -0.120. The first-order valence-corrected chi connectivity index (χ1v) is 8.80. The second-order valence-corrected chi connectivity index (χ2v) is 6.83. The molecule has 4 rings (SSSR count). The van der Waals surface area contributed by atoms with Crippen molar-refractivity contribution in [3.63, 3.8) is 0 Å². The fourth-order valence-corrected chi connectivity index (χ4v) is 3.79. The van der Waals surface area contributed by atoms with Gasteiger partial charge in [-0.2, -0.15) is 10.1 Å². The molecule has 0 aliphatic rings. The molecule has 0 atom stereocenters. The van der Waals surface area contributed by atoms with Gasteiger partial charge < -0.3 is 4.74 Å². The van der Waals surface area contributed by atoms with E-state index in [-0.39, 0.29) is 5.88 Å². The average Bonchev–Trinajstić information content (AvgIpc) is 3.18. The van der Waals surface area contributed by atoms with E-state index in [0.29, 0.717) is 21.6 Å². The summed E-state index contributed by atoms with van der Waals surface area (Å²) < 4.78 is 6.50. The Labute approximate surface area is 156 Å². The van der Waals surface area contributed by atoms with Gasteiger partial charge in [0, 0.05) is 21.0 Å². The second kappa shape index (κ2) is 6.48. The topological polar surface area (TPSA) is 57.0 Å². The quantitative estimate of drug-likeness (QED) is 0.461. The predicted octanol–water partition coefficient (Wildman–Crippen LogP) is 4.99. The van der Waals surface area contributed by atoms with Crippen molar-refractivity contribution in [3.8, 4) is 22.3 Å². The van der Waals surface area contributed by atoms with Gasteiger partial charge in [-0.15, -0.1) is 0 Å². The molecule has 2 heterocycles. The number of carbonyl (C=O) groups is 1. The molecule has 0 unspecified atom stereocenters. The van der Waals surface area contributed by atoms with Crippen molar-refractivity contribution in [2.75, 3.05) is 0 Å². The van der Waals surface area contributed by atoms with Crippen LogP contribution in [-0.2, 0) is 4.79 Å². The summed E-state index contributed by atoms with van der Waals surface area (Å²) in [5.74, 6) is 0.238. The summed E-state index contributed by atoms with van der Waals surface area (Å²) >= 11 is 13.6. The molecule has 0 saturated heterocycles. The van der Waals surface area contributed by atoms with E-state index in [1.54, 1.807) is 16.1 Å². The van der Waals surface area contributed by atoms with Crippen LogP contribution in [0.1, 0.15) is 0 Å². The molecule has 0 bridgehead atoms. The van der Waals surface area contributed by atoms with Crippen molar-refractivity contribution < 1.29 is 9.53 Å². The van der Waals surface area contributed by atoms with Crippen LogP contribution in [0.15, 0.2) is 47.8 Å². The summed E-state index contributed by atoms with van der Waals surface area (Å²) in [4.78, 5) is 14.8. The van der Waals surface area contributed by atoms with Gasteiger partial charge in [0.2, 0.25) is 11.0 Å². The highest BCUT2D eigenvalue weighted by Crippen LogP contribution is 2.33. The number of carbonyl (C=O) groups excluding carboxylic acids is 1. The van der Waals surface area contributed by atoms with E-state index in [1.165, 1.54) is 11.3 Å². The molecule has 0 fully saturated rings. The zero-order valence-corrected chi connectivity index (χ0v) is 14.8. The lowest BCUT2D eigenvalue weighted by Crippen LogP contribution is -1.96. The lowest BCUT2D eigenvalue weighted by atomic mass is 10.1. The summed E-state index contributed by atoms with van der Waals surface area (Å²) in [6.45, 7) is 0.347. The fourth-order valence-electron chi connectivity index (χ4n) is 2.57. The Hall–Kier alpha value is -2.41. The predicted molar refractivity (Wildman–Crippen MR) is 98.9 cm³/mol. The van der Waals surface area contributed by atoms with Crippen LogP contribution in [0.4, 0.5) is 0 Å². The lowest BCUT2D eigenvalue weighted by Gasteiger charge is -2.00. The van der Waals surface area contributed by atoms with E-state index in [1.807, 2.05) is 36.4 Å². The summed E-state index contributed by atoms with van der Waals surface area (Å²) in [5, 5.41) is 8.94. The number of ether oxygens (including phenoxy) is 1. The highest BCUT2D eigenvalue weighted by atomic mass is 35.5. The Bertz CT molecular complexity index is 1070. The monoisotopic (exact) mass is 389 g/mol. The summed E-state index contributed by atoms with van der Waals surface area (Å²) in [7, 11) is 0. The number of hydrogen-bond donors (Lipinski definition) is 0. The van der Waals surface area contributed by atoms with Crippen LogP contribution in [0.3, 0.4) is 0 Å². The van der Waals surface area contributed by atoms with Crippen LogP contribution < -0.4 is 4.74 Å². The van der Waals surface area contributed by atoms with Gasteiger partial charge in [0.05, 0.1) is 10.9 Å². The van der Waals surface area contributed by atoms with E-state index < -0.39 is 0 Å². The molecular formula is C17H9Cl2N3O2S. The molecule has 0 N–H and O–H groups in total. The third kappa shape index (κ3) is 3.00. The number of aromatic nitrogens is 3. The van der Waals surface area contributed by atoms with Gasteiger partial charge in [-0.05, 0) is 24.3 Å². The molecule has 2 aromatic carbocycles.